The van der Waals surface area contributed by atoms with Crippen molar-refractivity contribution < 1.29 is 24.2 Å². The second-order valence-corrected chi connectivity index (χ2v) is 6.53. The number of amides is 3. The molecular weight excluding hydrogens is 402 g/mol. The molecule has 10 nitrogen and oxygen atoms in total. The molecule has 0 fully saturated rings. The van der Waals surface area contributed by atoms with Gasteiger partial charge in [0.25, 0.3) is 0 Å². The molecule has 2 aromatic rings. The van der Waals surface area contributed by atoms with Gasteiger partial charge in [0.05, 0.1) is 32.2 Å². The molecule has 0 aliphatic heterocycles. The molecule has 6 N–H and O–H groups in total. The molecule has 0 saturated carbocycles. The monoisotopic (exact) mass is 427 g/mol. The molecule has 0 saturated heterocycles. The maximum absolute atomic E-state index is 12.5. The second kappa shape index (κ2) is 11.8. The number of hydrazone groups is 1. The summed E-state index contributed by atoms with van der Waals surface area (Å²) in [7, 11) is 1.52. The zero-order chi connectivity index (χ0) is 22.6. The van der Waals surface area contributed by atoms with Crippen LogP contribution < -0.4 is 26.5 Å². The number of carboxylic acids is 1. The van der Waals surface area contributed by atoms with Gasteiger partial charge in [-0.1, -0.05) is 24.3 Å². The van der Waals surface area contributed by atoms with Crippen molar-refractivity contribution in [3.63, 3.8) is 0 Å². The summed E-state index contributed by atoms with van der Waals surface area (Å²) in [5.41, 5.74) is 1.99. The van der Waals surface area contributed by atoms with Crippen LogP contribution in [0.1, 0.15) is 30.0 Å². The summed E-state index contributed by atoms with van der Waals surface area (Å²) in [6, 6.07) is 12.7. The average Bonchev–Trinajstić information content (AvgIpc) is 2.74. The Bertz CT molecular complexity index is 930. The first-order chi connectivity index (χ1) is 14.9. The number of anilines is 1. The highest BCUT2D eigenvalue weighted by molar-refractivity contribution is 5.90. The topological polar surface area (TPSA) is 155 Å². The van der Waals surface area contributed by atoms with E-state index in [1.807, 2.05) is 0 Å². The summed E-state index contributed by atoms with van der Waals surface area (Å²) in [5.74, 6) is 4.29. The molecule has 2 aromatic carbocycles. The number of carboxylic acid groups (broad SMARTS) is 1. The smallest absolute Gasteiger partial charge is 0.319 e. The van der Waals surface area contributed by atoms with Crippen LogP contribution in [0, 0.1) is 0 Å². The van der Waals surface area contributed by atoms with Crippen LogP contribution in [0.25, 0.3) is 0 Å². The molecule has 0 aliphatic rings. The lowest BCUT2D eigenvalue weighted by atomic mass is 10.0. The van der Waals surface area contributed by atoms with Crippen LogP contribution in [0.4, 0.5) is 10.5 Å². The molecule has 1 unspecified atom stereocenters. The summed E-state index contributed by atoms with van der Waals surface area (Å²) in [6.45, 7) is 0.00362. The third kappa shape index (κ3) is 8.05. The van der Waals surface area contributed by atoms with E-state index in [2.05, 4.69) is 21.1 Å². The highest BCUT2D eigenvalue weighted by Crippen LogP contribution is 2.22. The fourth-order valence-corrected chi connectivity index (χ4v) is 2.74. The lowest BCUT2D eigenvalue weighted by molar-refractivity contribution is -0.136. The van der Waals surface area contributed by atoms with E-state index in [0.717, 1.165) is 5.56 Å². The third-order valence-electron chi connectivity index (χ3n) is 4.24. The second-order valence-electron chi connectivity index (χ2n) is 6.53. The Morgan fingerprint density at radius 1 is 1.19 bits per heavy atom. The van der Waals surface area contributed by atoms with E-state index in [1.165, 1.54) is 13.3 Å². The maximum atomic E-state index is 12.5. The first-order valence-electron chi connectivity index (χ1n) is 9.44. The zero-order valence-electron chi connectivity index (χ0n) is 17.0. The Labute approximate surface area is 179 Å². The predicted molar refractivity (Wildman–Crippen MR) is 116 cm³/mol. The van der Waals surface area contributed by atoms with Crippen molar-refractivity contribution in [1.29, 1.82) is 0 Å². The van der Waals surface area contributed by atoms with Crippen molar-refractivity contribution in [3.8, 4) is 5.75 Å². The number of ether oxygens (including phenoxy) is 1. The van der Waals surface area contributed by atoms with E-state index in [0.29, 0.717) is 17.0 Å². The van der Waals surface area contributed by atoms with E-state index in [4.69, 9.17) is 15.7 Å². The zero-order valence-corrected chi connectivity index (χ0v) is 17.0. The van der Waals surface area contributed by atoms with Crippen LogP contribution in [0.5, 0.6) is 5.75 Å². The minimum absolute atomic E-state index is 0.00362. The molecule has 2 rings (SSSR count). The van der Waals surface area contributed by atoms with Gasteiger partial charge in [0.15, 0.2) is 0 Å². The van der Waals surface area contributed by atoms with Gasteiger partial charge in [-0.25, -0.2) is 4.79 Å². The minimum atomic E-state index is -1.01. The Balaban J connectivity index is 2.08. The van der Waals surface area contributed by atoms with E-state index >= 15 is 0 Å². The quantitative estimate of drug-likeness (QED) is 0.221. The van der Waals surface area contributed by atoms with Crippen molar-refractivity contribution in [1.82, 2.24) is 10.6 Å². The SMILES string of the molecule is COc1cccc(C(CC(=O)NCCC(=O)O)NC(=O)Nc2ccc(C=NN)cc2)c1. The number of hydrogen-bond donors (Lipinski definition) is 5. The highest BCUT2D eigenvalue weighted by atomic mass is 16.5. The number of carbonyl (C=O) groups is 3. The number of hydrogen-bond acceptors (Lipinski definition) is 6. The predicted octanol–water partition coefficient (Wildman–Crippen LogP) is 1.83. The third-order valence-corrected chi connectivity index (χ3v) is 4.24. The fraction of sp³-hybridized carbons (Fsp3) is 0.238. The number of carbonyl (C=O) groups excluding carboxylic acids is 2. The van der Waals surface area contributed by atoms with Gasteiger partial charge in [-0.15, -0.1) is 0 Å². The number of rotatable bonds is 10. The van der Waals surface area contributed by atoms with Crippen LogP contribution in [0.15, 0.2) is 53.6 Å². The number of benzene rings is 2. The Hall–Kier alpha value is -4.08. The fourth-order valence-electron chi connectivity index (χ4n) is 2.74. The van der Waals surface area contributed by atoms with Gasteiger partial charge < -0.3 is 31.6 Å². The summed E-state index contributed by atoms with van der Waals surface area (Å²) < 4.78 is 5.22. The number of urea groups is 1. The number of nitrogens with one attached hydrogen (secondary N) is 3. The van der Waals surface area contributed by atoms with E-state index < -0.39 is 18.0 Å². The molecule has 0 radical (unpaired) electrons. The van der Waals surface area contributed by atoms with Gasteiger partial charge in [-0.05, 0) is 35.4 Å². The van der Waals surface area contributed by atoms with Gasteiger partial charge in [0.2, 0.25) is 5.91 Å². The molecule has 0 aromatic heterocycles. The van der Waals surface area contributed by atoms with Crippen molar-refractivity contribution in [2.24, 2.45) is 10.9 Å². The van der Waals surface area contributed by atoms with Crippen LogP contribution in [0.2, 0.25) is 0 Å². The molecule has 0 spiro atoms. The van der Waals surface area contributed by atoms with Crippen LogP contribution in [-0.2, 0) is 9.59 Å². The first kappa shape index (κ1) is 23.2. The molecule has 0 aliphatic carbocycles. The maximum Gasteiger partial charge on any atom is 0.319 e. The van der Waals surface area contributed by atoms with Crippen LogP contribution in [0.3, 0.4) is 0 Å². The van der Waals surface area contributed by atoms with Crippen molar-refractivity contribution in [2.75, 3.05) is 19.0 Å². The Kier molecular flexibility index (Phi) is 8.84. The van der Waals surface area contributed by atoms with Crippen molar-refractivity contribution in [3.05, 3.63) is 59.7 Å². The molecule has 0 bridgehead atoms. The lowest BCUT2D eigenvalue weighted by Gasteiger charge is -2.20. The standard InChI is InChI=1S/C21H25N5O5/c1-31-17-4-2-3-15(11-17)18(12-19(27)23-10-9-20(28)29)26-21(30)25-16-7-5-14(6-8-16)13-24-22/h2-8,11,13,18H,9-10,12,22H2,1H3,(H,23,27)(H,28,29)(H2,25,26,30). The summed E-state index contributed by atoms with van der Waals surface area (Å²) >= 11 is 0. The van der Waals surface area contributed by atoms with Crippen LogP contribution in [-0.4, -0.2) is 42.9 Å². The van der Waals surface area contributed by atoms with Crippen molar-refractivity contribution in [2.45, 2.75) is 18.9 Å². The van der Waals surface area contributed by atoms with Crippen LogP contribution >= 0.6 is 0 Å². The summed E-state index contributed by atoms with van der Waals surface area (Å²) in [5, 5.41) is 20.2. The molecule has 10 heteroatoms. The number of nitrogens with zero attached hydrogens (tertiary/aromatic N) is 1. The van der Waals surface area contributed by atoms with Gasteiger partial charge in [0.1, 0.15) is 5.75 Å². The van der Waals surface area contributed by atoms with Gasteiger partial charge in [-0.2, -0.15) is 5.10 Å². The number of methoxy groups -OCH3 is 1. The molecular formula is C21H25N5O5. The number of nitrogens with two attached hydrogens (primary N) is 1. The largest absolute Gasteiger partial charge is 0.497 e. The molecule has 31 heavy (non-hydrogen) atoms. The van der Waals surface area contributed by atoms with E-state index in [9.17, 15) is 14.4 Å². The van der Waals surface area contributed by atoms with Crippen molar-refractivity contribution >= 4 is 29.8 Å². The Morgan fingerprint density at radius 2 is 1.94 bits per heavy atom. The Morgan fingerprint density at radius 3 is 2.58 bits per heavy atom. The van der Waals surface area contributed by atoms with Gasteiger partial charge in [0, 0.05) is 12.2 Å². The summed E-state index contributed by atoms with van der Waals surface area (Å²) in [6.07, 6.45) is 1.21. The number of aliphatic carboxylic acids is 1. The van der Waals surface area contributed by atoms with E-state index in [1.54, 1.807) is 48.5 Å². The molecule has 1 atom stereocenters. The highest BCUT2D eigenvalue weighted by Gasteiger charge is 2.19. The average molecular weight is 427 g/mol. The van der Waals surface area contributed by atoms with Gasteiger partial charge >= 0.3 is 12.0 Å². The minimum Gasteiger partial charge on any atom is -0.497 e. The van der Waals surface area contributed by atoms with E-state index in [-0.39, 0.29) is 25.3 Å². The van der Waals surface area contributed by atoms with Gasteiger partial charge in [-0.3, -0.25) is 9.59 Å². The first-order valence-corrected chi connectivity index (χ1v) is 9.44. The molecule has 3 amide bonds. The lowest BCUT2D eigenvalue weighted by Crippen LogP contribution is -2.36. The molecule has 164 valence electrons. The summed E-state index contributed by atoms with van der Waals surface area (Å²) in [4.78, 5) is 35.4. The molecule has 0 heterocycles. The normalized spacial score (nSPS) is 11.5.